The second-order valence-electron chi connectivity index (χ2n) is 7.37. The number of aromatic nitrogens is 3. The molecule has 1 aromatic carbocycles. The van der Waals surface area contributed by atoms with Gasteiger partial charge in [-0.1, -0.05) is 0 Å². The third-order valence-electron chi connectivity index (χ3n) is 4.74. The molecule has 0 saturated heterocycles. The second-order valence-corrected chi connectivity index (χ2v) is 8.22. The fourth-order valence-electron chi connectivity index (χ4n) is 3.39. The maximum absolute atomic E-state index is 11.7. The smallest absolute Gasteiger partial charge is 0.251 e. The fourth-order valence-corrected chi connectivity index (χ4v) is 4.10. The summed E-state index contributed by atoms with van der Waals surface area (Å²) in [5.41, 5.74) is 6.49. The molecule has 0 aliphatic heterocycles. The Bertz CT molecular complexity index is 1190. The molecule has 0 spiro atoms. The van der Waals surface area contributed by atoms with Crippen molar-refractivity contribution in [1.82, 2.24) is 24.6 Å². The minimum atomic E-state index is -0.102. The number of rotatable bonds is 6. The van der Waals surface area contributed by atoms with Crippen molar-refractivity contribution < 1.29 is 4.79 Å². The van der Waals surface area contributed by atoms with Gasteiger partial charge < -0.3 is 15.5 Å². The first-order valence-electron chi connectivity index (χ1n) is 9.62. The van der Waals surface area contributed by atoms with Gasteiger partial charge in [-0.05, 0) is 63.0 Å². The average Bonchev–Trinajstić information content (AvgIpc) is 3.30. The number of carbonyl (C=O) groups is 1. The molecule has 0 radical (unpaired) electrons. The third kappa shape index (κ3) is 4.05. The van der Waals surface area contributed by atoms with E-state index in [4.69, 9.17) is 9.97 Å². The van der Waals surface area contributed by atoms with Crippen LogP contribution in [0, 0.1) is 6.92 Å². The number of hydrogen-bond acceptors (Lipinski definition) is 6. The number of nitrogens with zero attached hydrogens (tertiary/aromatic N) is 4. The van der Waals surface area contributed by atoms with Gasteiger partial charge in [-0.2, -0.15) is 0 Å². The summed E-state index contributed by atoms with van der Waals surface area (Å²) < 4.78 is 2.09. The Morgan fingerprint density at radius 2 is 1.93 bits per heavy atom. The number of fused-ring (bicyclic) bond motifs is 1. The van der Waals surface area contributed by atoms with Crippen LogP contribution in [-0.2, 0) is 6.54 Å². The molecule has 8 heteroatoms. The number of carbonyl (C=O) groups excluding carboxylic acids is 1. The summed E-state index contributed by atoms with van der Waals surface area (Å²) in [5.74, 6) is -0.102. The van der Waals surface area contributed by atoms with Gasteiger partial charge in [0.05, 0.1) is 11.4 Å². The molecule has 2 N–H and O–H groups in total. The minimum Gasteiger partial charge on any atom is -0.355 e. The highest BCUT2D eigenvalue weighted by Gasteiger charge is 2.15. The first-order chi connectivity index (χ1) is 14.4. The number of benzene rings is 1. The summed E-state index contributed by atoms with van der Waals surface area (Å²) in [7, 11) is 5.74. The Morgan fingerprint density at radius 1 is 1.17 bits per heavy atom. The Hall–Kier alpha value is -3.23. The average molecular weight is 421 g/mol. The maximum atomic E-state index is 11.7. The highest BCUT2D eigenvalue weighted by molar-refractivity contribution is 7.14. The van der Waals surface area contributed by atoms with E-state index in [2.05, 4.69) is 52.4 Å². The number of amides is 1. The number of hydrogen-bond donors (Lipinski definition) is 2. The van der Waals surface area contributed by atoms with Crippen molar-refractivity contribution in [3.8, 4) is 11.4 Å². The predicted molar refractivity (Wildman–Crippen MR) is 122 cm³/mol. The lowest BCUT2D eigenvalue weighted by Crippen LogP contribution is -2.17. The molecule has 4 aromatic rings. The van der Waals surface area contributed by atoms with E-state index in [9.17, 15) is 4.79 Å². The first kappa shape index (κ1) is 20.1. The summed E-state index contributed by atoms with van der Waals surface area (Å²) in [6, 6.07) is 11.6. The van der Waals surface area contributed by atoms with E-state index in [0.717, 1.165) is 40.1 Å². The van der Waals surface area contributed by atoms with Gasteiger partial charge in [0, 0.05) is 36.4 Å². The van der Waals surface area contributed by atoms with Crippen molar-refractivity contribution in [2.75, 3.05) is 26.5 Å². The van der Waals surface area contributed by atoms with E-state index in [0.29, 0.717) is 5.56 Å². The summed E-state index contributed by atoms with van der Waals surface area (Å²) in [4.78, 5) is 23.3. The van der Waals surface area contributed by atoms with Crippen molar-refractivity contribution in [3.63, 3.8) is 0 Å². The van der Waals surface area contributed by atoms with Crippen molar-refractivity contribution in [3.05, 3.63) is 64.8 Å². The van der Waals surface area contributed by atoms with E-state index in [1.165, 1.54) is 16.9 Å². The normalized spacial score (nSPS) is 11.2. The minimum absolute atomic E-state index is 0.102. The van der Waals surface area contributed by atoms with E-state index >= 15 is 0 Å². The van der Waals surface area contributed by atoms with Crippen LogP contribution in [0.4, 0.5) is 10.8 Å². The first-order valence-corrected chi connectivity index (χ1v) is 10.5. The van der Waals surface area contributed by atoms with Gasteiger partial charge in [0.2, 0.25) is 0 Å². The van der Waals surface area contributed by atoms with Gasteiger partial charge in [-0.25, -0.2) is 9.97 Å². The molecule has 154 valence electrons. The molecule has 0 aliphatic rings. The van der Waals surface area contributed by atoms with Gasteiger partial charge in [0.25, 0.3) is 5.91 Å². The van der Waals surface area contributed by atoms with Crippen molar-refractivity contribution in [2.24, 2.45) is 0 Å². The molecule has 30 heavy (non-hydrogen) atoms. The van der Waals surface area contributed by atoms with Crippen molar-refractivity contribution in [1.29, 1.82) is 0 Å². The van der Waals surface area contributed by atoms with Crippen molar-refractivity contribution >= 4 is 33.7 Å². The van der Waals surface area contributed by atoms with Crippen LogP contribution in [-0.4, -0.2) is 46.3 Å². The Balaban J connectivity index is 1.58. The molecule has 0 fully saturated rings. The molecule has 0 saturated carbocycles. The van der Waals surface area contributed by atoms with Crippen LogP contribution in [0.3, 0.4) is 0 Å². The quantitative estimate of drug-likeness (QED) is 0.494. The topological polar surface area (TPSA) is 74.6 Å². The van der Waals surface area contributed by atoms with Gasteiger partial charge >= 0.3 is 0 Å². The molecule has 4 rings (SSSR count). The molecule has 7 nitrogen and oxygen atoms in total. The van der Waals surface area contributed by atoms with Crippen LogP contribution in [0.2, 0.25) is 0 Å². The summed E-state index contributed by atoms with van der Waals surface area (Å²) >= 11 is 1.54. The zero-order valence-corrected chi connectivity index (χ0v) is 18.2. The summed E-state index contributed by atoms with van der Waals surface area (Å²) in [6.45, 7) is 2.89. The van der Waals surface area contributed by atoms with Crippen LogP contribution >= 0.6 is 11.3 Å². The molecule has 1 amide bonds. The van der Waals surface area contributed by atoms with Gasteiger partial charge in [-0.3, -0.25) is 9.20 Å². The molecular formula is C22H24N6OS. The summed E-state index contributed by atoms with van der Waals surface area (Å²) in [6.07, 6.45) is 2.06. The van der Waals surface area contributed by atoms with Crippen LogP contribution in [0.25, 0.3) is 17.0 Å². The number of nitrogens with one attached hydrogen (secondary N) is 2. The van der Waals surface area contributed by atoms with Crippen LogP contribution in [0.1, 0.15) is 21.6 Å². The number of thiazole rings is 1. The molecule has 0 atom stereocenters. The molecule has 3 heterocycles. The van der Waals surface area contributed by atoms with E-state index in [-0.39, 0.29) is 5.91 Å². The zero-order chi connectivity index (χ0) is 21.3. The molecular weight excluding hydrogens is 396 g/mol. The Kier molecular flexibility index (Phi) is 5.52. The van der Waals surface area contributed by atoms with E-state index in [1.54, 1.807) is 19.2 Å². The standard InChI is InChI=1S/C22H24N6OS/c1-14-20(28-10-9-15(12-27(3)4)11-19(28)24-14)18-13-30-22(26-18)25-17-7-5-16(6-8-17)21(29)23-2/h5-11,13H,12H2,1-4H3,(H,23,29)(H,25,26). The molecule has 0 aliphatic carbocycles. The van der Waals surface area contributed by atoms with Gasteiger partial charge in [0.1, 0.15) is 11.3 Å². The second kappa shape index (κ2) is 8.25. The zero-order valence-electron chi connectivity index (χ0n) is 17.4. The van der Waals surface area contributed by atoms with Crippen molar-refractivity contribution in [2.45, 2.75) is 13.5 Å². The lowest BCUT2D eigenvalue weighted by Gasteiger charge is -2.09. The largest absolute Gasteiger partial charge is 0.355 e. The number of pyridine rings is 1. The highest BCUT2D eigenvalue weighted by Crippen LogP contribution is 2.30. The fraction of sp³-hybridized carbons (Fsp3) is 0.227. The number of aryl methyl sites for hydroxylation is 1. The van der Waals surface area contributed by atoms with E-state index in [1.807, 2.05) is 24.4 Å². The van der Waals surface area contributed by atoms with E-state index < -0.39 is 0 Å². The molecule has 0 bridgehead atoms. The monoisotopic (exact) mass is 420 g/mol. The number of anilines is 2. The highest BCUT2D eigenvalue weighted by atomic mass is 32.1. The molecule has 3 aromatic heterocycles. The third-order valence-corrected chi connectivity index (χ3v) is 5.49. The summed E-state index contributed by atoms with van der Waals surface area (Å²) in [5, 5.41) is 8.75. The predicted octanol–water partition coefficient (Wildman–Crippen LogP) is 3.93. The van der Waals surface area contributed by atoms with Crippen LogP contribution in [0.5, 0.6) is 0 Å². The van der Waals surface area contributed by atoms with Crippen LogP contribution in [0.15, 0.2) is 48.0 Å². The molecule has 0 unspecified atom stereocenters. The van der Waals surface area contributed by atoms with Gasteiger partial charge in [0.15, 0.2) is 5.13 Å². The number of imidazole rings is 1. The lowest BCUT2D eigenvalue weighted by atomic mass is 10.2. The van der Waals surface area contributed by atoms with Gasteiger partial charge in [-0.15, -0.1) is 11.3 Å². The lowest BCUT2D eigenvalue weighted by molar-refractivity contribution is 0.0963. The Labute approximate surface area is 179 Å². The maximum Gasteiger partial charge on any atom is 0.251 e. The SMILES string of the molecule is CNC(=O)c1ccc(Nc2nc(-c3c(C)nc4cc(CN(C)C)ccn34)cs2)cc1. The Morgan fingerprint density at radius 3 is 2.63 bits per heavy atom. The van der Waals surface area contributed by atoms with Crippen LogP contribution < -0.4 is 10.6 Å².